The highest BCUT2D eigenvalue weighted by molar-refractivity contribution is 5.95. The number of aryl methyl sites for hydroxylation is 3. The summed E-state index contributed by atoms with van der Waals surface area (Å²) < 4.78 is 1.85. The maximum Gasteiger partial charge on any atom is 0.255 e. The van der Waals surface area contributed by atoms with Gasteiger partial charge in [0.05, 0.1) is 23.0 Å². The van der Waals surface area contributed by atoms with Crippen LogP contribution >= 0.6 is 0 Å². The minimum atomic E-state index is -0.0509. The van der Waals surface area contributed by atoms with E-state index in [0.29, 0.717) is 11.5 Å². The Labute approximate surface area is 137 Å². The summed E-state index contributed by atoms with van der Waals surface area (Å²) in [5.74, 6) is 0.448. The second kappa shape index (κ2) is 6.52. The van der Waals surface area contributed by atoms with Gasteiger partial charge in [0.15, 0.2) is 0 Å². The first kappa shape index (κ1) is 15.7. The number of carbonyl (C=O) groups is 1. The van der Waals surface area contributed by atoms with E-state index in [1.54, 1.807) is 0 Å². The van der Waals surface area contributed by atoms with Crippen LogP contribution in [0.1, 0.15) is 59.7 Å². The Kier molecular flexibility index (Phi) is 4.46. The van der Waals surface area contributed by atoms with Crippen LogP contribution in [0.4, 0.5) is 0 Å². The molecule has 2 heterocycles. The molecule has 1 fully saturated rings. The van der Waals surface area contributed by atoms with Crippen molar-refractivity contribution in [2.75, 3.05) is 0 Å². The molecule has 1 aliphatic rings. The van der Waals surface area contributed by atoms with Crippen LogP contribution in [-0.2, 0) is 6.54 Å². The van der Waals surface area contributed by atoms with Crippen LogP contribution in [0.25, 0.3) is 0 Å². The SMILES string of the molecule is CCCn1cc(C(=O)NC(c2cccc(C)n2)C2CC2)c(C)n1. The Morgan fingerprint density at radius 1 is 1.39 bits per heavy atom. The van der Waals surface area contributed by atoms with Crippen molar-refractivity contribution in [3.05, 3.63) is 47.0 Å². The predicted molar refractivity (Wildman–Crippen MR) is 89.2 cm³/mol. The zero-order valence-electron chi connectivity index (χ0n) is 14.0. The monoisotopic (exact) mass is 312 g/mol. The highest BCUT2D eigenvalue weighted by Crippen LogP contribution is 2.40. The molecule has 5 nitrogen and oxygen atoms in total. The van der Waals surface area contributed by atoms with Crippen LogP contribution in [0.5, 0.6) is 0 Å². The maximum absolute atomic E-state index is 12.7. The molecule has 3 rings (SSSR count). The van der Waals surface area contributed by atoms with E-state index in [4.69, 9.17) is 0 Å². The van der Waals surface area contributed by atoms with Crippen molar-refractivity contribution >= 4 is 5.91 Å². The van der Waals surface area contributed by atoms with E-state index in [2.05, 4.69) is 22.3 Å². The summed E-state index contributed by atoms with van der Waals surface area (Å²) >= 11 is 0. The molecule has 0 aromatic carbocycles. The maximum atomic E-state index is 12.7. The van der Waals surface area contributed by atoms with Crippen LogP contribution < -0.4 is 5.32 Å². The second-order valence-electron chi connectivity index (χ2n) is 6.38. The predicted octanol–water partition coefficient (Wildman–Crippen LogP) is 3.19. The van der Waals surface area contributed by atoms with E-state index in [-0.39, 0.29) is 11.9 Å². The largest absolute Gasteiger partial charge is 0.343 e. The number of hydrogen-bond acceptors (Lipinski definition) is 3. The first-order chi connectivity index (χ1) is 11.1. The summed E-state index contributed by atoms with van der Waals surface area (Å²) in [4.78, 5) is 17.3. The van der Waals surface area contributed by atoms with Crippen molar-refractivity contribution in [3.8, 4) is 0 Å². The van der Waals surface area contributed by atoms with Crippen molar-refractivity contribution in [3.63, 3.8) is 0 Å². The van der Waals surface area contributed by atoms with Crippen LogP contribution in [0.15, 0.2) is 24.4 Å². The third kappa shape index (κ3) is 3.60. The van der Waals surface area contributed by atoms with Gasteiger partial charge in [-0.05, 0) is 51.2 Å². The van der Waals surface area contributed by atoms with E-state index >= 15 is 0 Å². The molecule has 1 amide bonds. The number of rotatable bonds is 6. The van der Waals surface area contributed by atoms with E-state index in [1.165, 1.54) is 0 Å². The molecule has 1 saturated carbocycles. The van der Waals surface area contributed by atoms with Crippen LogP contribution in [-0.4, -0.2) is 20.7 Å². The van der Waals surface area contributed by atoms with Gasteiger partial charge in [-0.1, -0.05) is 13.0 Å². The lowest BCUT2D eigenvalue weighted by atomic mass is 10.1. The van der Waals surface area contributed by atoms with Gasteiger partial charge in [0.1, 0.15) is 0 Å². The normalized spacial score (nSPS) is 15.4. The fourth-order valence-electron chi connectivity index (χ4n) is 2.90. The standard InChI is InChI=1S/C18H24N4O/c1-4-10-22-11-15(13(3)21-22)18(23)20-17(14-8-9-14)16-7-5-6-12(2)19-16/h5-7,11,14,17H,4,8-10H2,1-3H3,(H,20,23). The van der Waals surface area contributed by atoms with E-state index in [9.17, 15) is 4.79 Å². The van der Waals surface area contributed by atoms with Gasteiger partial charge in [0.25, 0.3) is 5.91 Å². The molecular formula is C18H24N4O. The second-order valence-corrected chi connectivity index (χ2v) is 6.38. The fraction of sp³-hybridized carbons (Fsp3) is 0.500. The molecule has 0 bridgehead atoms. The van der Waals surface area contributed by atoms with Crippen molar-refractivity contribution < 1.29 is 4.79 Å². The minimum Gasteiger partial charge on any atom is -0.343 e. The number of nitrogens with zero attached hydrogens (tertiary/aromatic N) is 3. The highest BCUT2D eigenvalue weighted by Gasteiger charge is 2.35. The van der Waals surface area contributed by atoms with Crippen LogP contribution in [0, 0.1) is 19.8 Å². The van der Waals surface area contributed by atoms with Crippen molar-refractivity contribution in [2.24, 2.45) is 5.92 Å². The summed E-state index contributed by atoms with van der Waals surface area (Å²) in [6.45, 7) is 6.80. The van der Waals surface area contributed by atoms with Gasteiger partial charge >= 0.3 is 0 Å². The zero-order chi connectivity index (χ0) is 16.4. The van der Waals surface area contributed by atoms with Gasteiger partial charge in [0, 0.05) is 18.4 Å². The average molecular weight is 312 g/mol. The summed E-state index contributed by atoms with van der Waals surface area (Å²) in [6, 6.07) is 5.98. The summed E-state index contributed by atoms with van der Waals surface area (Å²) in [5, 5.41) is 7.60. The van der Waals surface area contributed by atoms with Crippen LogP contribution in [0.3, 0.4) is 0 Å². The van der Waals surface area contributed by atoms with Gasteiger partial charge in [-0.2, -0.15) is 5.10 Å². The lowest BCUT2D eigenvalue weighted by Gasteiger charge is -2.18. The Morgan fingerprint density at radius 2 is 2.17 bits per heavy atom. The molecule has 1 unspecified atom stereocenters. The lowest BCUT2D eigenvalue weighted by Crippen LogP contribution is -2.30. The Balaban J connectivity index is 1.79. The Bertz CT molecular complexity index is 703. The average Bonchev–Trinajstić information content (AvgIpc) is 3.28. The molecule has 1 N–H and O–H groups in total. The van der Waals surface area contributed by atoms with E-state index < -0.39 is 0 Å². The van der Waals surface area contributed by atoms with Gasteiger partial charge in [-0.15, -0.1) is 0 Å². The molecule has 2 aromatic heterocycles. The number of hydrogen-bond donors (Lipinski definition) is 1. The highest BCUT2D eigenvalue weighted by atomic mass is 16.1. The summed E-state index contributed by atoms with van der Waals surface area (Å²) in [5.41, 5.74) is 3.38. The zero-order valence-corrected chi connectivity index (χ0v) is 14.0. The molecule has 0 radical (unpaired) electrons. The van der Waals surface area contributed by atoms with Gasteiger partial charge in [-0.25, -0.2) is 0 Å². The molecule has 0 spiro atoms. The molecule has 5 heteroatoms. The third-order valence-corrected chi connectivity index (χ3v) is 4.25. The number of pyridine rings is 1. The summed E-state index contributed by atoms with van der Waals surface area (Å²) in [6.07, 6.45) is 5.14. The van der Waals surface area contributed by atoms with Crippen molar-refractivity contribution in [2.45, 2.75) is 52.6 Å². The minimum absolute atomic E-state index is 0.00340. The molecule has 23 heavy (non-hydrogen) atoms. The molecule has 0 aliphatic heterocycles. The van der Waals surface area contributed by atoms with Gasteiger partial charge < -0.3 is 5.32 Å². The van der Waals surface area contributed by atoms with Gasteiger partial charge in [-0.3, -0.25) is 14.5 Å². The lowest BCUT2D eigenvalue weighted by molar-refractivity contribution is 0.0930. The fourth-order valence-corrected chi connectivity index (χ4v) is 2.90. The van der Waals surface area contributed by atoms with Gasteiger partial charge in [0.2, 0.25) is 0 Å². The molecule has 0 saturated heterocycles. The van der Waals surface area contributed by atoms with Crippen molar-refractivity contribution in [1.82, 2.24) is 20.1 Å². The first-order valence-corrected chi connectivity index (χ1v) is 8.37. The smallest absolute Gasteiger partial charge is 0.255 e. The Hall–Kier alpha value is -2.17. The molecule has 1 atom stereocenters. The number of carbonyl (C=O) groups excluding carboxylic acids is 1. The molecule has 122 valence electrons. The van der Waals surface area contributed by atoms with Crippen molar-refractivity contribution in [1.29, 1.82) is 0 Å². The summed E-state index contributed by atoms with van der Waals surface area (Å²) in [7, 11) is 0. The van der Waals surface area contributed by atoms with E-state index in [1.807, 2.05) is 42.9 Å². The third-order valence-electron chi connectivity index (χ3n) is 4.25. The first-order valence-electron chi connectivity index (χ1n) is 8.37. The number of nitrogens with one attached hydrogen (secondary N) is 1. The molecular weight excluding hydrogens is 288 g/mol. The quantitative estimate of drug-likeness (QED) is 0.891. The number of aromatic nitrogens is 3. The molecule has 1 aliphatic carbocycles. The topological polar surface area (TPSA) is 59.8 Å². The van der Waals surface area contributed by atoms with E-state index in [0.717, 1.165) is 42.9 Å². The molecule has 2 aromatic rings. The number of amides is 1. The van der Waals surface area contributed by atoms with Crippen LogP contribution in [0.2, 0.25) is 0 Å². The Morgan fingerprint density at radius 3 is 2.83 bits per heavy atom.